The third-order valence-electron chi connectivity index (χ3n) is 4.55. The monoisotopic (exact) mass is 229 g/mol. The largest absolute Gasteiger partial charge is 0.296 e. The van der Waals surface area contributed by atoms with Gasteiger partial charge in [0.15, 0.2) is 0 Å². The van der Waals surface area contributed by atoms with Crippen LogP contribution >= 0.6 is 0 Å². The molecule has 1 aliphatic heterocycles. The Morgan fingerprint density at radius 3 is 2.47 bits per heavy atom. The normalized spacial score (nSPS) is 28.2. The van der Waals surface area contributed by atoms with Gasteiger partial charge in [0.2, 0.25) is 0 Å². The maximum atomic E-state index is 2.69. The van der Waals surface area contributed by atoms with E-state index >= 15 is 0 Å². The molecule has 1 saturated heterocycles. The van der Waals surface area contributed by atoms with Crippen molar-refractivity contribution in [2.75, 3.05) is 6.54 Å². The van der Waals surface area contributed by atoms with Gasteiger partial charge >= 0.3 is 0 Å². The summed E-state index contributed by atoms with van der Waals surface area (Å²) in [6, 6.07) is 10.1. The lowest BCUT2D eigenvalue weighted by Crippen LogP contribution is -2.31. The second-order valence-electron chi connectivity index (χ2n) is 6.16. The molecule has 2 bridgehead atoms. The molecule has 2 unspecified atom stereocenters. The number of piperidine rings is 1. The van der Waals surface area contributed by atoms with Gasteiger partial charge in [-0.25, -0.2) is 0 Å². The number of nitrogens with zero attached hydrogens (tertiary/aromatic N) is 1. The first-order valence-corrected chi connectivity index (χ1v) is 7.05. The first-order chi connectivity index (χ1) is 8.22. The molecule has 1 aliphatic carbocycles. The van der Waals surface area contributed by atoms with Gasteiger partial charge in [-0.15, -0.1) is 0 Å². The molecule has 0 aromatic heterocycles. The van der Waals surface area contributed by atoms with Crippen molar-refractivity contribution < 1.29 is 0 Å². The first-order valence-electron chi connectivity index (χ1n) is 7.05. The number of hydrogen-bond donors (Lipinski definition) is 0. The molecule has 1 heterocycles. The van der Waals surface area contributed by atoms with Gasteiger partial charge in [0.1, 0.15) is 0 Å². The van der Waals surface area contributed by atoms with Gasteiger partial charge in [0.05, 0.1) is 0 Å². The average molecular weight is 229 g/mol. The first kappa shape index (κ1) is 11.3. The van der Waals surface area contributed by atoms with E-state index < -0.39 is 0 Å². The van der Waals surface area contributed by atoms with E-state index in [0.717, 1.165) is 12.0 Å². The van der Waals surface area contributed by atoms with E-state index in [0.29, 0.717) is 5.92 Å². The third-order valence-corrected chi connectivity index (χ3v) is 4.55. The van der Waals surface area contributed by atoms with Crippen LogP contribution in [-0.2, 0) is 6.54 Å². The highest BCUT2D eigenvalue weighted by atomic mass is 15.2. The van der Waals surface area contributed by atoms with E-state index in [9.17, 15) is 0 Å². The fourth-order valence-corrected chi connectivity index (χ4v) is 3.46. The van der Waals surface area contributed by atoms with Crippen LogP contribution in [0.15, 0.2) is 24.3 Å². The Morgan fingerprint density at radius 1 is 1.18 bits per heavy atom. The SMILES string of the molecule is CC(C)c1ccc(CN2CC3CCC2C3)cc1. The zero-order valence-electron chi connectivity index (χ0n) is 11.0. The minimum atomic E-state index is 0.645. The van der Waals surface area contributed by atoms with Crippen LogP contribution in [0.3, 0.4) is 0 Å². The zero-order valence-corrected chi connectivity index (χ0v) is 11.0. The van der Waals surface area contributed by atoms with Gasteiger partial charge in [0.25, 0.3) is 0 Å². The predicted octanol–water partition coefficient (Wildman–Crippen LogP) is 3.79. The van der Waals surface area contributed by atoms with Gasteiger partial charge in [0, 0.05) is 19.1 Å². The number of rotatable bonds is 3. The molecule has 0 radical (unpaired) electrons. The molecule has 2 atom stereocenters. The molecule has 0 amide bonds. The molecule has 3 rings (SSSR count). The summed E-state index contributed by atoms with van der Waals surface area (Å²) in [6.07, 6.45) is 4.38. The van der Waals surface area contributed by atoms with E-state index in [-0.39, 0.29) is 0 Å². The van der Waals surface area contributed by atoms with Crippen molar-refractivity contribution in [3.8, 4) is 0 Å². The molecule has 1 heteroatoms. The highest BCUT2D eigenvalue weighted by molar-refractivity contribution is 5.24. The Bertz CT molecular complexity index is 379. The van der Waals surface area contributed by atoms with Crippen LogP contribution in [0, 0.1) is 5.92 Å². The maximum Gasteiger partial charge on any atom is 0.0236 e. The van der Waals surface area contributed by atoms with Crippen LogP contribution < -0.4 is 0 Å². The average Bonchev–Trinajstić information content (AvgIpc) is 2.91. The van der Waals surface area contributed by atoms with Gasteiger partial charge < -0.3 is 0 Å². The van der Waals surface area contributed by atoms with Crippen LogP contribution in [0.5, 0.6) is 0 Å². The van der Waals surface area contributed by atoms with Crippen LogP contribution in [0.1, 0.15) is 50.2 Å². The lowest BCUT2D eigenvalue weighted by Gasteiger charge is -2.26. The van der Waals surface area contributed by atoms with Crippen molar-refractivity contribution in [3.63, 3.8) is 0 Å². The molecule has 1 aromatic carbocycles. The van der Waals surface area contributed by atoms with E-state index in [4.69, 9.17) is 0 Å². The highest BCUT2D eigenvalue weighted by Gasteiger charge is 2.37. The van der Waals surface area contributed by atoms with Crippen LogP contribution in [0.25, 0.3) is 0 Å². The van der Waals surface area contributed by atoms with Crippen molar-refractivity contribution in [1.82, 2.24) is 4.90 Å². The molecular weight excluding hydrogens is 206 g/mol. The fraction of sp³-hybridized carbons (Fsp3) is 0.625. The Balaban J connectivity index is 1.65. The second kappa shape index (κ2) is 4.45. The van der Waals surface area contributed by atoms with Crippen LogP contribution in [0.4, 0.5) is 0 Å². The molecule has 2 aliphatic rings. The van der Waals surface area contributed by atoms with Gasteiger partial charge in [-0.3, -0.25) is 4.90 Å². The standard InChI is InChI=1S/C16H23N/c1-12(2)15-6-3-13(4-7-15)10-17-11-14-5-8-16(17)9-14/h3-4,6-7,12,14,16H,5,8-11H2,1-2H3. The van der Waals surface area contributed by atoms with Crippen molar-refractivity contribution in [3.05, 3.63) is 35.4 Å². The van der Waals surface area contributed by atoms with Gasteiger partial charge in [-0.1, -0.05) is 38.1 Å². The summed E-state index contributed by atoms with van der Waals surface area (Å²) in [5, 5.41) is 0. The van der Waals surface area contributed by atoms with Crippen molar-refractivity contribution in [1.29, 1.82) is 0 Å². The molecule has 17 heavy (non-hydrogen) atoms. The summed E-state index contributed by atoms with van der Waals surface area (Å²) in [6.45, 7) is 7.03. The molecule has 0 spiro atoms. The Hall–Kier alpha value is -0.820. The molecule has 2 fully saturated rings. The van der Waals surface area contributed by atoms with Crippen molar-refractivity contribution >= 4 is 0 Å². The Labute approximate surface area is 105 Å². The third kappa shape index (κ3) is 2.26. The molecule has 92 valence electrons. The van der Waals surface area contributed by atoms with E-state index in [1.54, 1.807) is 0 Å². The Morgan fingerprint density at radius 2 is 1.94 bits per heavy atom. The van der Waals surface area contributed by atoms with E-state index in [2.05, 4.69) is 43.0 Å². The number of fused-ring (bicyclic) bond motifs is 2. The quantitative estimate of drug-likeness (QED) is 0.762. The van der Waals surface area contributed by atoms with Gasteiger partial charge in [-0.2, -0.15) is 0 Å². The van der Waals surface area contributed by atoms with Crippen molar-refractivity contribution in [2.24, 2.45) is 5.92 Å². The van der Waals surface area contributed by atoms with Crippen LogP contribution in [0.2, 0.25) is 0 Å². The fourth-order valence-electron chi connectivity index (χ4n) is 3.46. The molecule has 1 aromatic rings. The summed E-state index contributed by atoms with van der Waals surface area (Å²) in [5.41, 5.74) is 2.94. The summed E-state index contributed by atoms with van der Waals surface area (Å²) in [7, 11) is 0. The maximum absolute atomic E-state index is 2.69. The Kier molecular flexibility index (Phi) is 2.96. The molecule has 0 N–H and O–H groups in total. The summed E-state index contributed by atoms with van der Waals surface area (Å²) < 4.78 is 0. The van der Waals surface area contributed by atoms with Crippen LogP contribution in [-0.4, -0.2) is 17.5 Å². The summed E-state index contributed by atoms with van der Waals surface area (Å²) in [4.78, 5) is 2.69. The van der Waals surface area contributed by atoms with Gasteiger partial charge in [-0.05, 0) is 42.2 Å². The molecular formula is C16H23N. The topological polar surface area (TPSA) is 3.24 Å². The lowest BCUT2D eigenvalue weighted by atomic mass is 10.0. The van der Waals surface area contributed by atoms with Crippen molar-refractivity contribution in [2.45, 2.75) is 51.6 Å². The number of likely N-dealkylation sites (tertiary alicyclic amines) is 1. The van der Waals surface area contributed by atoms with E-state index in [1.807, 2.05) is 0 Å². The summed E-state index contributed by atoms with van der Waals surface area (Å²) in [5.74, 6) is 1.65. The lowest BCUT2D eigenvalue weighted by molar-refractivity contribution is 0.205. The molecule has 1 nitrogen and oxygen atoms in total. The highest BCUT2D eigenvalue weighted by Crippen LogP contribution is 2.38. The van der Waals surface area contributed by atoms with E-state index in [1.165, 1.54) is 43.5 Å². The minimum absolute atomic E-state index is 0.645. The number of benzene rings is 1. The zero-order chi connectivity index (χ0) is 11.8. The minimum Gasteiger partial charge on any atom is -0.296 e. The second-order valence-corrected chi connectivity index (χ2v) is 6.16. The number of hydrogen-bond acceptors (Lipinski definition) is 1. The smallest absolute Gasteiger partial charge is 0.0236 e. The molecule has 1 saturated carbocycles. The predicted molar refractivity (Wildman–Crippen MR) is 72.1 cm³/mol. The summed E-state index contributed by atoms with van der Waals surface area (Å²) >= 11 is 0.